The number of imidazole rings is 1. The summed E-state index contributed by atoms with van der Waals surface area (Å²) in [6.45, 7) is 4.42. The molecule has 0 saturated carbocycles. The van der Waals surface area contributed by atoms with E-state index in [4.69, 9.17) is 9.72 Å². The van der Waals surface area contributed by atoms with Crippen LogP contribution in [0.25, 0.3) is 11.0 Å². The molecular formula is C23H27N3O2. The van der Waals surface area contributed by atoms with Crippen LogP contribution < -0.4 is 4.74 Å². The van der Waals surface area contributed by atoms with Gasteiger partial charge in [0.2, 0.25) is 5.91 Å². The highest BCUT2D eigenvalue weighted by Gasteiger charge is 2.31. The zero-order valence-electron chi connectivity index (χ0n) is 16.6. The predicted octanol–water partition coefficient (Wildman–Crippen LogP) is 4.15. The van der Waals surface area contributed by atoms with Gasteiger partial charge in [0.05, 0.1) is 17.6 Å². The Kier molecular flexibility index (Phi) is 5.33. The molecule has 0 radical (unpaired) electrons. The monoisotopic (exact) mass is 377 g/mol. The highest BCUT2D eigenvalue weighted by Crippen LogP contribution is 2.30. The summed E-state index contributed by atoms with van der Waals surface area (Å²) in [5.74, 6) is 2.35. The summed E-state index contributed by atoms with van der Waals surface area (Å²) in [6.07, 6.45) is 2.54. The second kappa shape index (κ2) is 8.05. The van der Waals surface area contributed by atoms with Crippen LogP contribution in [0.2, 0.25) is 0 Å². The van der Waals surface area contributed by atoms with E-state index in [0.717, 1.165) is 48.5 Å². The van der Waals surface area contributed by atoms with Crippen LogP contribution in [0.15, 0.2) is 48.5 Å². The fraction of sp³-hybridized carbons (Fsp3) is 0.391. The van der Waals surface area contributed by atoms with E-state index in [9.17, 15) is 4.79 Å². The number of rotatable bonds is 7. The molecule has 1 aliphatic heterocycles. The molecule has 5 heteroatoms. The Bertz CT molecular complexity index is 979. The average Bonchev–Trinajstić information content (AvgIpc) is 3.22. The number of ether oxygens (including phenoxy) is 1. The van der Waals surface area contributed by atoms with Gasteiger partial charge in [-0.1, -0.05) is 24.3 Å². The summed E-state index contributed by atoms with van der Waals surface area (Å²) in [5.41, 5.74) is 3.37. The predicted molar refractivity (Wildman–Crippen MR) is 111 cm³/mol. The van der Waals surface area contributed by atoms with Crippen LogP contribution in [0, 0.1) is 6.92 Å². The van der Waals surface area contributed by atoms with E-state index in [1.54, 1.807) is 0 Å². The third kappa shape index (κ3) is 3.88. The fourth-order valence-electron chi connectivity index (χ4n) is 3.94. The van der Waals surface area contributed by atoms with Crippen molar-refractivity contribution in [2.75, 3.05) is 20.2 Å². The van der Waals surface area contributed by atoms with Crippen LogP contribution in [0.3, 0.4) is 0 Å². The molecule has 5 nitrogen and oxygen atoms in total. The van der Waals surface area contributed by atoms with Gasteiger partial charge in [0.15, 0.2) is 0 Å². The van der Waals surface area contributed by atoms with Gasteiger partial charge in [-0.15, -0.1) is 0 Å². The van der Waals surface area contributed by atoms with Crippen LogP contribution in [-0.4, -0.2) is 40.6 Å². The van der Waals surface area contributed by atoms with Crippen molar-refractivity contribution in [3.63, 3.8) is 0 Å². The molecule has 1 saturated heterocycles. The molecule has 4 rings (SSSR count). The SMILES string of the molecule is Cc1cccc(OCCCCn2c(C3CC(=O)N(C)C3)nc3ccccc32)c1. The maximum absolute atomic E-state index is 12.0. The highest BCUT2D eigenvalue weighted by atomic mass is 16.5. The number of aryl methyl sites for hydroxylation is 2. The highest BCUT2D eigenvalue weighted by molar-refractivity contribution is 5.80. The van der Waals surface area contributed by atoms with Gasteiger partial charge in [0.1, 0.15) is 11.6 Å². The second-order valence-corrected chi connectivity index (χ2v) is 7.66. The molecule has 0 spiro atoms. The molecule has 1 fully saturated rings. The minimum atomic E-state index is 0.174. The number of carbonyl (C=O) groups is 1. The van der Waals surface area contributed by atoms with E-state index in [0.29, 0.717) is 13.0 Å². The Morgan fingerprint density at radius 1 is 1.14 bits per heavy atom. The molecule has 2 heterocycles. The largest absolute Gasteiger partial charge is 0.494 e. The van der Waals surface area contributed by atoms with E-state index in [2.05, 4.69) is 41.8 Å². The van der Waals surface area contributed by atoms with Crippen molar-refractivity contribution in [1.82, 2.24) is 14.5 Å². The third-order valence-corrected chi connectivity index (χ3v) is 5.42. The average molecular weight is 377 g/mol. The van der Waals surface area contributed by atoms with E-state index >= 15 is 0 Å². The number of hydrogen-bond donors (Lipinski definition) is 0. The Labute approximate surface area is 165 Å². The van der Waals surface area contributed by atoms with Gasteiger partial charge < -0.3 is 14.2 Å². The number of aromatic nitrogens is 2. The molecule has 1 unspecified atom stereocenters. The van der Waals surface area contributed by atoms with E-state index in [1.165, 1.54) is 5.56 Å². The molecule has 1 amide bonds. The summed E-state index contributed by atoms with van der Waals surface area (Å²) < 4.78 is 8.18. The van der Waals surface area contributed by atoms with Crippen LogP contribution >= 0.6 is 0 Å². The molecular weight excluding hydrogens is 350 g/mol. The maximum Gasteiger partial charge on any atom is 0.223 e. The molecule has 0 bridgehead atoms. The molecule has 28 heavy (non-hydrogen) atoms. The van der Waals surface area contributed by atoms with Gasteiger partial charge >= 0.3 is 0 Å². The number of likely N-dealkylation sites (N-methyl/N-ethyl adjacent to an activating group) is 1. The second-order valence-electron chi connectivity index (χ2n) is 7.66. The Balaban J connectivity index is 1.42. The van der Waals surface area contributed by atoms with Gasteiger partial charge in [-0.05, 0) is 49.6 Å². The van der Waals surface area contributed by atoms with Gasteiger partial charge in [-0.3, -0.25) is 4.79 Å². The first-order chi connectivity index (χ1) is 13.6. The molecule has 1 aliphatic rings. The minimum Gasteiger partial charge on any atom is -0.494 e. The first-order valence-electron chi connectivity index (χ1n) is 10.0. The van der Waals surface area contributed by atoms with Crippen molar-refractivity contribution in [1.29, 1.82) is 0 Å². The number of amides is 1. The standard InChI is InChI=1S/C23H27N3O2/c1-17-8-7-9-19(14-17)28-13-6-5-12-26-21-11-4-3-10-20(21)24-23(26)18-15-22(27)25(2)16-18/h3-4,7-11,14,18H,5-6,12-13,15-16H2,1-2H3. The molecule has 3 aromatic rings. The summed E-state index contributed by atoms with van der Waals surface area (Å²) >= 11 is 0. The van der Waals surface area contributed by atoms with Crippen molar-refractivity contribution < 1.29 is 9.53 Å². The van der Waals surface area contributed by atoms with Crippen LogP contribution in [-0.2, 0) is 11.3 Å². The molecule has 0 aliphatic carbocycles. The lowest BCUT2D eigenvalue weighted by molar-refractivity contribution is -0.126. The Morgan fingerprint density at radius 2 is 2.00 bits per heavy atom. The minimum absolute atomic E-state index is 0.174. The normalized spacial score (nSPS) is 16.9. The van der Waals surface area contributed by atoms with E-state index in [-0.39, 0.29) is 11.8 Å². The number of unbranched alkanes of at least 4 members (excludes halogenated alkanes) is 1. The quantitative estimate of drug-likeness (QED) is 0.581. The molecule has 0 N–H and O–H groups in total. The topological polar surface area (TPSA) is 47.4 Å². The number of para-hydroxylation sites is 2. The van der Waals surface area contributed by atoms with Crippen molar-refractivity contribution in [2.45, 2.75) is 38.6 Å². The van der Waals surface area contributed by atoms with Gasteiger partial charge in [-0.25, -0.2) is 4.98 Å². The van der Waals surface area contributed by atoms with Crippen molar-refractivity contribution >= 4 is 16.9 Å². The lowest BCUT2D eigenvalue weighted by Gasteiger charge is -2.14. The molecule has 1 atom stereocenters. The third-order valence-electron chi connectivity index (χ3n) is 5.42. The zero-order valence-corrected chi connectivity index (χ0v) is 16.6. The number of benzene rings is 2. The summed E-state index contributed by atoms with van der Waals surface area (Å²) in [4.78, 5) is 18.7. The Hall–Kier alpha value is -2.82. The molecule has 146 valence electrons. The number of hydrogen-bond acceptors (Lipinski definition) is 3. The van der Waals surface area contributed by atoms with E-state index in [1.807, 2.05) is 30.1 Å². The summed E-state index contributed by atoms with van der Waals surface area (Å²) in [5, 5.41) is 0. The number of nitrogens with zero attached hydrogens (tertiary/aromatic N) is 3. The van der Waals surface area contributed by atoms with Crippen molar-refractivity contribution in [2.24, 2.45) is 0 Å². The van der Waals surface area contributed by atoms with Crippen molar-refractivity contribution in [3.8, 4) is 5.75 Å². The van der Waals surface area contributed by atoms with Gasteiger partial charge in [-0.2, -0.15) is 0 Å². The lowest BCUT2D eigenvalue weighted by Crippen LogP contribution is -2.19. The van der Waals surface area contributed by atoms with Crippen LogP contribution in [0.1, 0.15) is 36.6 Å². The number of likely N-dealkylation sites (tertiary alicyclic amines) is 1. The van der Waals surface area contributed by atoms with E-state index < -0.39 is 0 Å². The fourth-order valence-corrected chi connectivity index (χ4v) is 3.94. The summed E-state index contributed by atoms with van der Waals surface area (Å²) in [6, 6.07) is 16.4. The van der Waals surface area contributed by atoms with Crippen LogP contribution in [0.4, 0.5) is 0 Å². The first kappa shape index (κ1) is 18.5. The molecule has 2 aromatic carbocycles. The zero-order chi connectivity index (χ0) is 19.5. The number of carbonyl (C=O) groups excluding carboxylic acids is 1. The van der Waals surface area contributed by atoms with Gasteiger partial charge in [0, 0.05) is 32.5 Å². The lowest BCUT2D eigenvalue weighted by atomic mass is 10.1. The van der Waals surface area contributed by atoms with Gasteiger partial charge in [0.25, 0.3) is 0 Å². The maximum atomic E-state index is 12.0. The summed E-state index contributed by atoms with van der Waals surface area (Å²) in [7, 11) is 1.87. The molecule has 1 aromatic heterocycles. The number of fused-ring (bicyclic) bond motifs is 1. The van der Waals surface area contributed by atoms with Crippen LogP contribution in [0.5, 0.6) is 5.75 Å². The Morgan fingerprint density at radius 3 is 2.79 bits per heavy atom. The smallest absolute Gasteiger partial charge is 0.223 e. The van der Waals surface area contributed by atoms with Crippen molar-refractivity contribution in [3.05, 3.63) is 59.9 Å². The first-order valence-corrected chi connectivity index (χ1v) is 10.0.